The summed E-state index contributed by atoms with van der Waals surface area (Å²) < 4.78 is 17.3. The molecule has 0 bridgehead atoms. The van der Waals surface area contributed by atoms with E-state index in [0.717, 1.165) is 10.6 Å². The van der Waals surface area contributed by atoms with E-state index >= 15 is 0 Å². The van der Waals surface area contributed by atoms with Gasteiger partial charge in [-0.15, -0.1) is 11.3 Å². The summed E-state index contributed by atoms with van der Waals surface area (Å²) in [5.41, 5.74) is 6.11. The summed E-state index contributed by atoms with van der Waals surface area (Å²) in [6.07, 6.45) is 0.722. The Bertz CT molecular complexity index is 1150. The second-order valence-corrected chi connectivity index (χ2v) is 10.3. The minimum atomic E-state index is -1.02. The molecule has 2 aliphatic rings. The zero-order valence-corrected chi connectivity index (χ0v) is 22.1. The van der Waals surface area contributed by atoms with Crippen LogP contribution in [-0.4, -0.2) is 72.7 Å². The monoisotopic (exact) mass is 543 g/mol. The number of likely N-dealkylation sites (tertiary alicyclic amines) is 1. The highest BCUT2D eigenvalue weighted by Gasteiger charge is 2.52. The zero-order chi connectivity index (χ0) is 27.1. The Hall–Kier alpha value is -3.48. The number of amidine groups is 1. The van der Waals surface area contributed by atoms with E-state index in [-0.39, 0.29) is 56.2 Å². The second-order valence-electron chi connectivity index (χ2n) is 9.34. The van der Waals surface area contributed by atoms with Gasteiger partial charge in [-0.25, -0.2) is 0 Å². The van der Waals surface area contributed by atoms with Crippen molar-refractivity contribution < 1.29 is 28.6 Å². The number of hydrogen-bond acceptors (Lipinski definition) is 8. The molecule has 3 heterocycles. The Morgan fingerprint density at radius 3 is 2.66 bits per heavy atom. The second kappa shape index (κ2) is 12.4. The van der Waals surface area contributed by atoms with Crippen molar-refractivity contribution >= 4 is 34.9 Å². The number of amides is 3. The van der Waals surface area contributed by atoms with Gasteiger partial charge in [-0.1, -0.05) is 18.2 Å². The molecular formula is C26H33N5O6S. The van der Waals surface area contributed by atoms with Crippen LogP contribution in [0.25, 0.3) is 0 Å². The van der Waals surface area contributed by atoms with E-state index in [4.69, 9.17) is 25.4 Å². The van der Waals surface area contributed by atoms with Crippen LogP contribution in [0.1, 0.15) is 36.6 Å². The molecule has 2 fully saturated rings. The molecule has 38 heavy (non-hydrogen) atoms. The Morgan fingerprint density at radius 1 is 1.24 bits per heavy atom. The first-order valence-corrected chi connectivity index (χ1v) is 13.4. The number of nitrogen functional groups attached to an aromatic ring is 1. The normalized spacial score (nSPS) is 18.8. The number of ether oxygens (including phenoxy) is 3. The average molecular weight is 544 g/mol. The SMILES string of the molecule is CC(CCC(=O)NCC(=O)N1CC2(C[C@H]1C(=O)NCc1cc(C(=N)N)cs1)OCCO2)Oc1ccccc1. The van der Waals surface area contributed by atoms with Crippen molar-refractivity contribution in [2.75, 3.05) is 26.3 Å². The molecular weight excluding hydrogens is 510 g/mol. The molecule has 12 heteroatoms. The Kier molecular flexibility index (Phi) is 8.97. The van der Waals surface area contributed by atoms with Gasteiger partial charge >= 0.3 is 0 Å². The lowest BCUT2D eigenvalue weighted by Crippen LogP contribution is -2.49. The number of carbonyl (C=O) groups is 3. The lowest BCUT2D eigenvalue weighted by molar-refractivity contribution is -0.152. The van der Waals surface area contributed by atoms with E-state index < -0.39 is 17.7 Å². The molecule has 2 saturated heterocycles. The third kappa shape index (κ3) is 7.09. The van der Waals surface area contributed by atoms with Crippen LogP contribution in [0.5, 0.6) is 5.75 Å². The molecule has 0 saturated carbocycles. The molecule has 1 aromatic heterocycles. The molecule has 3 amide bonds. The van der Waals surface area contributed by atoms with E-state index in [0.29, 0.717) is 25.2 Å². The predicted molar refractivity (Wildman–Crippen MR) is 141 cm³/mol. The predicted octanol–water partition coefficient (Wildman–Crippen LogP) is 1.36. The Morgan fingerprint density at radius 2 is 1.97 bits per heavy atom. The largest absolute Gasteiger partial charge is 0.491 e. The minimum absolute atomic E-state index is 0.0379. The first-order valence-electron chi connectivity index (χ1n) is 12.5. The summed E-state index contributed by atoms with van der Waals surface area (Å²) in [5, 5.41) is 14.8. The van der Waals surface area contributed by atoms with Gasteiger partial charge < -0.3 is 35.5 Å². The fraction of sp³-hybridized carbons (Fsp3) is 0.462. The molecule has 1 unspecified atom stereocenters. The van der Waals surface area contributed by atoms with Crippen LogP contribution >= 0.6 is 11.3 Å². The number of nitrogens with zero attached hydrogens (tertiary/aromatic N) is 1. The van der Waals surface area contributed by atoms with E-state index in [1.54, 1.807) is 11.4 Å². The number of thiophene rings is 1. The van der Waals surface area contributed by atoms with Gasteiger partial charge in [0.2, 0.25) is 17.7 Å². The van der Waals surface area contributed by atoms with Crippen LogP contribution in [0.4, 0.5) is 0 Å². The van der Waals surface area contributed by atoms with Gasteiger partial charge in [0, 0.05) is 28.7 Å². The van der Waals surface area contributed by atoms with Gasteiger partial charge in [-0.2, -0.15) is 0 Å². The summed E-state index contributed by atoms with van der Waals surface area (Å²) in [4.78, 5) is 40.8. The number of carbonyl (C=O) groups excluding carboxylic acids is 3. The Balaban J connectivity index is 1.28. The number of rotatable bonds is 11. The number of hydrogen-bond donors (Lipinski definition) is 4. The molecule has 1 spiro atoms. The van der Waals surface area contributed by atoms with E-state index in [2.05, 4.69) is 10.6 Å². The number of nitrogens with one attached hydrogen (secondary N) is 3. The van der Waals surface area contributed by atoms with Crippen molar-refractivity contribution in [3.8, 4) is 5.75 Å². The lowest BCUT2D eigenvalue weighted by Gasteiger charge is -2.24. The average Bonchev–Trinajstić information content (AvgIpc) is 3.66. The van der Waals surface area contributed by atoms with Crippen LogP contribution in [0.2, 0.25) is 0 Å². The molecule has 0 aliphatic carbocycles. The van der Waals surface area contributed by atoms with Crippen molar-refractivity contribution in [2.24, 2.45) is 5.73 Å². The van der Waals surface area contributed by atoms with Crippen molar-refractivity contribution in [3.63, 3.8) is 0 Å². The maximum absolute atomic E-state index is 13.1. The van der Waals surface area contributed by atoms with Crippen molar-refractivity contribution in [2.45, 2.75) is 50.7 Å². The first-order chi connectivity index (χ1) is 18.2. The van der Waals surface area contributed by atoms with Crippen molar-refractivity contribution in [1.29, 1.82) is 5.41 Å². The Labute approximate surface area is 225 Å². The summed E-state index contributed by atoms with van der Waals surface area (Å²) in [6, 6.07) is 10.3. The smallest absolute Gasteiger partial charge is 0.243 e. The van der Waals surface area contributed by atoms with Gasteiger partial charge in [0.15, 0.2) is 5.79 Å². The third-order valence-electron chi connectivity index (χ3n) is 6.43. The maximum Gasteiger partial charge on any atom is 0.243 e. The first kappa shape index (κ1) is 27.6. The standard InChI is InChI=1S/C26H33N5O6S/c1-17(37-19-5-3-2-4-6-19)7-8-22(32)29-14-23(33)31-16-26(35-9-10-36-26)12-21(31)25(34)30-13-20-11-18(15-38-20)24(27)28/h2-6,11,15,17,21H,7-10,12-14,16H2,1H3,(H3,27,28)(H,29,32)(H,30,34)/t17?,21-/m0/s1. The van der Waals surface area contributed by atoms with Crippen LogP contribution in [0.15, 0.2) is 41.8 Å². The molecule has 204 valence electrons. The maximum atomic E-state index is 13.1. The summed E-state index contributed by atoms with van der Waals surface area (Å²) in [6.45, 7) is 2.77. The highest BCUT2D eigenvalue weighted by molar-refractivity contribution is 7.10. The van der Waals surface area contributed by atoms with Gasteiger partial charge in [0.25, 0.3) is 0 Å². The van der Waals surface area contributed by atoms with Crippen LogP contribution < -0.4 is 21.1 Å². The molecule has 2 aliphatic heterocycles. The highest BCUT2D eigenvalue weighted by atomic mass is 32.1. The van der Waals surface area contributed by atoms with Crippen LogP contribution in [0, 0.1) is 5.41 Å². The molecule has 1 aromatic carbocycles. The van der Waals surface area contributed by atoms with Crippen LogP contribution in [0.3, 0.4) is 0 Å². The molecule has 2 aromatic rings. The topological polar surface area (TPSA) is 156 Å². The fourth-order valence-electron chi connectivity index (χ4n) is 4.44. The molecule has 4 rings (SSSR count). The number of para-hydroxylation sites is 1. The molecule has 0 radical (unpaired) electrons. The van der Waals surface area contributed by atoms with Gasteiger partial charge in [-0.3, -0.25) is 19.8 Å². The summed E-state index contributed by atoms with van der Waals surface area (Å²) >= 11 is 1.38. The number of benzene rings is 1. The molecule has 2 atom stereocenters. The van der Waals surface area contributed by atoms with Crippen LogP contribution in [-0.2, 0) is 30.4 Å². The van der Waals surface area contributed by atoms with E-state index in [9.17, 15) is 14.4 Å². The van der Waals surface area contributed by atoms with Gasteiger partial charge in [-0.05, 0) is 31.5 Å². The minimum Gasteiger partial charge on any atom is -0.491 e. The van der Waals surface area contributed by atoms with Gasteiger partial charge in [0.05, 0.1) is 39.0 Å². The van der Waals surface area contributed by atoms with Crippen molar-refractivity contribution in [3.05, 3.63) is 52.2 Å². The highest BCUT2D eigenvalue weighted by Crippen LogP contribution is 2.35. The summed E-state index contributed by atoms with van der Waals surface area (Å²) in [5.74, 6) is -1.33. The number of nitrogens with two attached hydrogens (primary N) is 1. The molecule has 11 nitrogen and oxygen atoms in total. The zero-order valence-electron chi connectivity index (χ0n) is 21.2. The summed E-state index contributed by atoms with van der Waals surface area (Å²) in [7, 11) is 0. The van der Waals surface area contributed by atoms with Crippen molar-refractivity contribution in [1.82, 2.24) is 15.5 Å². The van der Waals surface area contributed by atoms with E-state index in [1.165, 1.54) is 16.2 Å². The lowest BCUT2D eigenvalue weighted by atomic mass is 10.1. The molecule has 5 N–H and O–H groups in total. The third-order valence-corrected chi connectivity index (χ3v) is 7.36. The van der Waals surface area contributed by atoms with E-state index in [1.807, 2.05) is 37.3 Å². The fourth-order valence-corrected chi connectivity index (χ4v) is 5.26. The van der Waals surface area contributed by atoms with Gasteiger partial charge in [0.1, 0.15) is 17.6 Å². The quantitative estimate of drug-likeness (QED) is 0.246.